The number of rotatable bonds is 12. The van der Waals surface area contributed by atoms with Crippen LogP contribution in [0.15, 0.2) is 67.1 Å². The number of carbonyl (C=O) groups is 1. The van der Waals surface area contributed by atoms with E-state index in [0.717, 1.165) is 35.4 Å². The first kappa shape index (κ1) is 32.5. The summed E-state index contributed by atoms with van der Waals surface area (Å²) in [6.45, 7) is -0.598. The Balaban J connectivity index is 1.78. The number of alkyl halides is 2. The zero-order chi connectivity index (χ0) is 31.7. The van der Waals surface area contributed by atoms with Crippen molar-refractivity contribution in [1.29, 1.82) is 0 Å². The first-order valence-corrected chi connectivity index (χ1v) is 13.5. The summed E-state index contributed by atoms with van der Waals surface area (Å²) in [5.74, 6) is -2.99. The number of nitrogens with one attached hydrogen (secondary N) is 1. The van der Waals surface area contributed by atoms with Crippen LogP contribution in [0.25, 0.3) is 0 Å². The summed E-state index contributed by atoms with van der Waals surface area (Å²) < 4.78 is 82.4. The van der Waals surface area contributed by atoms with E-state index in [1.54, 1.807) is 0 Å². The maximum absolute atomic E-state index is 16.8. The molecule has 0 aliphatic heterocycles. The molecular weight excluding hydrogens is 609 g/mol. The van der Waals surface area contributed by atoms with Crippen LogP contribution in [0, 0.1) is 29.3 Å². The molecule has 0 aliphatic carbocycles. The minimum atomic E-state index is -4.28. The van der Waals surface area contributed by atoms with Gasteiger partial charge in [0.2, 0.25) is 5.60 Å². The van der Waals surface area contributed by atoms with E-state index in [2.05, 4.69) is 37.2 Å². The van der Waals surface area contributed by atoms with Crippen molar-refractivity contribution < 1.29 is 31.5 Å². The van der Waals surface area contributed by atoms with Gasteiger partial charge < -0.3 is 10.5 Å². The Labute approximate surface area is 253 Å². The molecule has 0 fully saturated rings. The molecule has 0 saturated carbocycles. The zero-order valence-electron chi connectivity index (χ0n) is 22.9. The van der Waals surface area contributed by atoms with Crippen LogP contribution < -0.4 is 10.6 Å². The monoisotopic (exact) mass is 633 g/mol. The van der Waals surface area contributed by atoms with Gasteiger partial charge >= 0.3 is 11.9 Å². The van der Waals surface area contributed by atoms with Crippen molar-refractivity contribution in [3.8, 4) is 11.8 Å². The van der Waals surface area contributed by atoms with Crippen molar-refractivity contribution in [2.24, 2.45) is 5.73 Å². The van der Waals surface area contributed by atoms with E-state index in [1.807, 2.05) is 0 Å². The summed E-state index contributed by atoms with van der Waals surface area (Å²) in [5, 5.41) is 10.4. The first-order chi connectivity index (χ1) is 21.1. The number of halogens is 6. The molecular formula is C29H25ClF5N7O2. The van der Waals surface area contributed by atoms with Crippen molar-refractivity contribution in [3.63, 3.8) is 0 Å². The van der Waals surface area contributed by atoms with Crippen molar-refractivity contribution in [3.05, 3.63) is 107 Å². The minimum absolute atomic E-state index is 0.0372. The highest BCUT2D eigenvalue weighted by Crippen LogP contribution is 2.49. The van der Waals surface area contributed by atoms with Crippen LogP contribution in [0.3, 0.4) is 0 Å². The Hall–Kier alpha value is -4.45. The molecule has 1 unspecified atom stereocenters. The van der Waals surface area contributed by atoms with Crippen LogP contribution in [0.5, 0.6) is 0 Å². The Morgan fingerprint density at radius 1 is 1.02 bits per heavy atom. The molecule has 3 N–H and O–H groups in total. The highest BCUT2D eigenvalue weighted by atomic mass is 35.5. The molecule has 0 bridgehead atoms. The van der Waals surface area contributed by atoms with Gasteiger partial charge in [0.15, 0.2) is 0 Å². The van der Waals surface area contributed by atoms with Crippen molar-refractivity contribution >= 4 is 17.7 Å². The average Bonchev–Trinajstić information content (AvgIpc) is 3.51. The lowest BCUT2D eigenvalue weighted by atomic mass is 9.83. The molecule has 0 amide bonds. The van der Waals surface area contributed by atoms with E-state index >= 15 is 13.2 Å². The van der Waals surface area contributed by atoms with Crippen molar-refractivity contribution in [2.45, 2.75) is 43.4 Å². The van der Waals surface area contributed by atoms with Crippen LogP contribution in [0.4, 0.5) is 22.0 Å². The van der Waals surface area contributed by atoms with Crippen LogP contribution in [-0.2, 0) is 27.6 Å². The molecule has 0 saturated heterocycles. The first-order valence-electron chi connectivity index (χ1n) is 13.2. The standard InChI is InChI=1S/C29H25ClF5N7O2/c30-38-14-2-1-3-25(36)27(43)44-28(17-42-18-39-40-41-42,23-12-11-22(32)15-24(23)33)29(34,35)26-13-8-20(16-37-26)5-4-19-6-9-21(31)10-7-19/h6-13,15-16,18,25,38H,1-3,14,17,36H2/t25-,28?/m0/s1. The number of esters is 1. The fourth-order valence-corrected chi connectivity index (χ4v) is 4.40. The highest BCUT2D eigenvalue weighted by Gasteiger charge is 2.62. The molecule has 2 heterocycles. The number of pyridine rings is 1. The lowest BCUT2D eigenvalue weighted by Gasteiger charge is -2.40. The lowest BCUT2D eigenvalue weighted by molar-refractivity contribution is -0.233. The Morgan fingerprint density at radius 2 is 1.73 bits per heavy atom. The van der Waals surface area contributed by atoms with Gasteiger partial charge in [0.05, 0.1) is 6.54 Å². The quantitative estimate of drug-likeness (QED) is 0.0777. The molecule has 2 aromatic heterocycles. The normalized spacial score (nSPS) is 13.4. The van der Waals surface area contributed by atoms with Crippen molar-refractivity contribution in [1.82, 2.24) is 30.0 Å². The third-order valence-corrected chi connectivity index (χ3v) is 6.73. The molecule has 4 rings (SSSR count). The van der Waals surface area contributed by atoms with Crippen LogP contribution >= 0.6 is 11.8 Å². The summed E-state index contributed by atoms with van der Waals surface area (Å²) >= 11 is 5.43. The van der Waals surface area contributed by atoms with Crippen LogP contribution in [-0.4, -0.2) is 43.7 Å². The summed E-state index contributed by atoms with van der Waals surface area (Å²) in [5.41, 5.74) is 1.68. The molecule has 230 valence electrons. The average molecular weight is 634 g/mol. The molecule has 44 heavy (non-hydrogen) atoms. The third-order valence-electron chi connectivity index (χ3n) is 6.54. The number of unbranched alkanes of at least 4 members (excludes halogenated alkanes) is 1. The Kier molecular flexibility index (Phi) is 10.6. The predicted molar refractivity (Wildman–Crippen MR) is 148 cm³/mol. The summed E-state index contributed by atoms with van der Waals surface area (Å²) in [6, 6.07) is 7.97. The Morgan fingerprint density at radius 3 is 2.36 bits per heavy atom. The van der Waals surface area contributed by atoms with Gasteiger partial charge in [-0.2, -0.15) is 8.78 Å². The molecule has 0 spiro atoms. The molecule has 2 aromatic carbocycles. The number of benzene rings is 2. The molecule has 0 radical (unpaired) electrons. The van der Waals surface area contributed by atoms with Crippen LogP contribution in [0.2, 0.25) is 0 Å². The number of hydrogen-bond acceptors (Lipinski definition) is 8. The predicted octanol–water partition coefficient (Wildman–Crippen LogP) is 4.36. The number of nitrogens with two attached hydrogens (primary N) is 1. The fraction of sp³-hybridized carbons (Fsp3) is 0.276. The summed E-state index contributed by atoms with van der Waals surface area (Å²) in [6.07, 6.45) is 2.94. The van der Waals surface area contributed by atoms with Gasteiger partial charge in [-0.25, -0.2) is 22.7 Å². The van der Waals surface area contributed by atoms with Gasteiger partial charge in [-0.1, -0.05) is 11.8 Å². The maximum Gasteiger partial charge on any atom is 0.334 e. The zero-order valence-corrected chi connectivity index (χ0v) is 23.6. The fourth-order valence-electron chi connectivity index (χ4n) is 4.26. The van der Waals surface area contributed by atoms with E-state index in [9.17, 15) is 13.6 Å². The maximum atomic E-state index is 16.8. The van der Waals surface area contributed by atoms with E-state index in [4.69, 9.17) is 22.2 Å². The molecule has 0 aliphatic rings. The number of nitrogens with zero attached hydrogens (tertiary/aromatic N) is 5. The number of carbonyl (C=O) groups excluding carboxylic acids is 1. The van der Waals surface area contributed by atoms with E-state index < -0.39 is 58.8 Å². The highest BCUT2D eigenvalue weighted by molar-refractivity contribution is 6.13. The lowest BCUT2D eigenvalue weighted by Crippen LogP contribution is -2.53. The van der Waals surface area contributed by atoms with Gasteiger partial charge in [-0.3, -0.25) is 9.78 Å². The number of hydrogen-bond donors (Lipinski definition) is 2. The summed E-state index contributed by atoms with van der Waals surface area (Å²) in [4.78, 5) is 19.5. The second-order valence-electron chi connectivity index (χ2n) is 9.63. The number of aromatic nitrogens is 5. The van der Waals surface area contributed by atoms with E-state index in [1.165, 1.54) is 30.3 Å². The van der Waals surface area contributed by atoms with Crippen molar-refractivity contribution in [2.75, 3.05) is 6.54 Å². The topological polar surface area (TPSA) is 121 Å². The Bertz CT molecular complexity index is 1610. The third kappa shape index (κ3) is 7.54. The SMILES string of the molecule is N[C@@H](CCCCNCl)C(=O)OC(Cn1cnnn1)(c1ccc(F)cc1F)C(F)(F)c1ccc(C#Cc2ccc(F)cc2)cn1. The van der Waals surface area contributed by atoms with Gasteiger partial charge in [0, 0.05) is 35.5 Å². The van der Waals surface area contributed by atoms with E-state index in [-0.39, 0.29) is 12.0 Å². The minimum Gasteiger partial charge on any atom is -0.444 e. The second-order valence-corrected chi connectivity index (χ2v) is 9.90. The molecule has 9 nitrogen and oxygen atoms in total. The summed E-state index contributed by atoms with van der Waals surface area (Å²) in [7, 11) is 0. The van der Waals surface area contributed by atoms with Gasteiger partial charge in [0.25, 0.3) is 0 Å². The second kappa shape index (κ2) is 14.3. The molecule has 4 aromatic rings. The van der Waals surface area contributed by atoms with Gasteiger partial charge in [0.1, 0.15) is 35.5 Å². The van der Waals surface area contributed by atoms with E-state index in [0.29, 0.717) is 31.0 Å². The van der Waals surface area contributed by atoms with Crippen LogP contribution in [0.1, 0.15) is 41.6 Å². The largest absolute Gasteiger partial charge is 0.444 e. The van der Waals surface area contributed by atoms with Gasteiger partial charge in [-0.15, -0.1) is 5.10 Å². The number of ether oxygens (including phenoxy) is 1. The number of tetrazole rings is 1. The molecule has 15 heteroatoms. The smallest absolute Gasteiger partial charge is 0.334 e. The van der Waals surface area contributed by atoms with Gasteiger partial charge in [-0.05, 0) is 90.0 Å². The molecule has 2 atom stereocenters.